The quantitative estimate of drug-likeness (QED) is 0.416. The number of benzene rings is 2. The molecule has 184 valence electrons. The molecule has 2 amide bonds. The minimum absolute atomic E-state index is 0.241. The molecule has 1 aliphatic rings. The number of ether oxygens (including phenoxy) is 2. The van der Waals surface area contributed by atoms with Crippen LogP contribution in [0.5, 0.6) is 11.5 Å². The highest BCUT2D eigenvalue weighted by Crippen LogP contribution is 2.42. The van der Waals surface area contributed by atoms with Crippen LogP contribution in [0.25, 0.3) is 0 Å². The average molecular weight is 486 g/mol. The molecule has 2 aromatic carbocycles. The summed E-state index contributed by atoms with van der Waals surface area (Å²) in [4.78, 5) is 26.8. The Balaban J connectivity index is 1.66. The van der Waals surface area contributed by atoms with Gasteiger partial charge in [-0.05, 0) is 37.1 Å². The van der Waals surface area contributed by atoms with Gasteiger partial charge in [0.2, 0.25) is 5.95 Å². The van der Waals surface area contributed by atoms with Gasteiger partial charge in [0.05, 0.1) is 44.0 Å². The van der Waals surface area contributed by atoms with E-state index in [0.717, 1.165) is 28.1 Å². The number of para-hydroxylation sites is 1. The van der Waals surface area contributed by atoms with Crippen molar-refractivity contribution in [3.63, 3.8) is 0 Å². The van der Waals surface area contributed by atoms with Gasteiger partial charge in [0.1, 0.15) is 11.5 Å². The van der Waals surface area contributed by atoms with Gasteiger partial charge >= 0.3 is 6.03 Å². The van der Waals surface area contributed by atoms with Gasteiger partial charge < -0.3 is 14.8 Å². The number of hydrogen-bond donors (Lipinski definition) is 1. The number of methoxy groups -OCH3 is 2. The molecule has 36 heavy (non-hydrogen) atoms. The first-order valence-corrected chi connectivity index (χ1v) is 11.4. The summed E-state index contributed by atoms with van der Waals surface area (Å²) in [5.74, 6) is 1.94. The highest BCUT2D eigenvalue weighted by molar-refractivity contribution is 6.11. The second-order valence-corrected chi connectivity index (χ2v) is 8.55. The van der Waals surface area contributed by atoms with Gasteiger partial charge in [-0.2, -0.15) is 10.1 Å². The third kappa shape index (κ3) is 4.06. The number of aromatic nitrogens is 4. The van der Waals surface area contributed by atoms with Crippen LogP contribution in [0.1, 0.15) is 16.7 Å². The number of rotatable bonds is 6. The number of amides is 2. The number of urea groups is 1. The Morgan fingerprint density at radius 2 is 1.81 bits per heavy atom. The first-order valence-electron chi connectivity index (χ1n) is 11.4. The van der Waals surface area contributed by atoms with Crippen LogP contribution in [0, 0.1) is 13.8 Å². The van der Waals surface area contributed by atoms with Crippen molar-refractivity contribution in [1.82, 2.24) is 19.7 Å². The van der Waals surface area contributed by atoms with Crippen molar-refractivity contribution in [3.05, 3.63) is 71.7 Å². The van der Waals surface area contributed by atoms with Crippen LogP contribution in [0.4, 0.5) is 33.6 Å². The molecule has 4 aromatic rings. The average Bonchev–Trinajstić information content (AvgIpc) is 3.28. The Kier molecular flexibility index (Phi) is 5.93. The van der Waals surface area contributed by atoms with Crippen LogP contribution < -0.4 is 24.6 Å². The van der Waals surface area contributed by atoms with Crippen molar-refractivity contribution in [3.8, 4) is 11.5 Å². The summed E-state index contributed by atoms with van der Waals surface area (Å²) in [6.45, 7) is 4.34. The monoisotopic (exact) mass is 485 g/mol. The smallest absolute Gasteiger partial charge is 0.335 e. The molecule has 0 radical (unpaired) electrons. The molecular formula is C26H27N7O3. The minimum atomic E-state index is -0.241. The molecule has 3 heterocycles. The molecule has 0 aliphatic carbocycles. The first kappa shape index (κ1) is 23.2. The second-order valence-electron chi connectivity index (χ2n) is 8.55. The summed E-state index contributed by atoms with van der Waals surface area (Å²) >= 11 is 0. The van der Waals surface area contributed by atoms with Crippen molar-refractivity contribution in [2.24, 2.45) is 7.05 Å². The van der Waals surface area contributed by atoms with E-state index in [2.05, 4.69) is 15.4 Å². The summed E-state index contributed by atoms with van der Waals surface area (Å²) in [7, 11) is 4.98. The highest BCUT2D eigenvalue weighted by Gasteiger charge is 2.37. The lowest BCUT2D eigenvalue weighted by Crippen LogP contribution is -2.46. The molecule has 0 unspecified atom stereocenters. The third-order valence-electron chi connectivity index (χ3n) is 6.10. The van der Waals surface area contributed by atoms with Crippen LogP contribution in [0.2, 0.25) is 0 Å². The molecule has 0 saturated heterocycles. The van der Waals surface area contributed by atoms with Crippen LogP contribution in [-0.4, -0.2) is 40.0 Å². The summed E-state index contributed by atoms with van der Waals surface area (Å²) in [5, 5.41) is 7.33. The third-order valence-corrected chi connectivity index (χ3v) is 6.10. The molecule has 0 bridgehead atoms. The van der Waals surface area contributed by atoms with Gasteiger partial charge in [0.15, 0.2) is 5.82 Å². The Bertz CT molecular complexity index is 1430. The molecule has 0 spiro atoms. The Morgan fingerprint density at radius 3 is 2.47 bits per heavy atom. The maximum Gasteiger partial charge on any atom is 0.335 e. The van der Waals surface area contributed by atoms with E-state index in [9.17, 15) is 4.79 Å². The summed E-state index contributed by atoms with van der Waals surface area (Å²) in [5.41, 5.74) is 4.96. The normalized spacial score (nSPS) is 13.0. The number of nitrogens with zero attached hydrogens (tertiary/aromatic N) is 6. The molecule has 0 fully saturated rings. The Morgan fingerprint density at radius 1 is 1.03 bits per heavy atom. The van der Waals surface area contributed by atoms with E-state index in [0.29, 0.717) is 35.5 Å². The molecule has 10 heteroatoms. The van der Waals surface area contributed by atoms with Gasteiger partial charge in [-0.15, -0.1) is 0 Å². The molecule has 0 atom stereocenters. The van der Waals surface area contributed by atoms with Crippen molar-refractivity contribution >= 4 is 34.9 Å². The fourth-order valence-corrected chi connectivity index (χ4v) is 4.42. The summed E-state index contributed by atoms with van der Waals surface area (Å²) in [6, 6.07) is 11.1. The molecular weight excluding hydrogens is 458 g/mol. The summed E-state index contributed by atoms with van der Waals surface area (Å²) < 4.78 is 12.7. The van der Waals surface area contributed by atoms with Gasteiger partial charge in [-0.25, -0.2) is 14.7 Å². The lowest BCUT2D eigenvalue weighted by atomic mass is 10.1. The van der Waals surface area contributed by atoms with E-state index in [1.54, 1.807) is 59.3 Å². The highest BCUT2D eigenvalue weighted by atomic mass is 16.5. The zero-order chi connectivity index (χ0) is 25.4. The topological polar surface area (TPSA) is 97.6 Å². The van der Waals surface area contributed by atoms with E-state index < -0.39 is 0 Å². The zero-order valence-electron chi connectivity index (χ0n) is 20.8. The fraction of sp³-hybridized carbons (Fsp3) is 0.231. The summed E-state index contributed by atoms with van der Waals surface area (Å²) in [6.07, 6.45) is 5.25. The molecule has 1 aliphatic heterocycles. The van der Waals surface area contributed by atoms with E-state index in [4.69, 9.17) is 14.5 Å². The van der Waals surface area contributed by atoms with Crippen molar-refractivity contribution < 1.29 is 14.3 Å². The van der Waals surface area contributed by atoms with Crippen molar-refractivity contribution in [2.75, 3.05) is 29.3 Å². The number of hydrogen-bond acceptors (Lipinski definition) is 7. The standard InChI is InChI=1S/C26H27N7O3/c1-16-7-6-8-17(2)23(16)32-14-18-12-27-25(29-19-13-28-31(3)15-19)30-24(18)33(26(32)34)21-10-9-20(35-4)11-22(21)36-5/h6-13,15H,14H2,1-5H3,(H,27,29,30). The maximum absolute atomic E-state index is 14.2. The zero-order valence-corrected chi connectivity index (χ0v) is 20.8. The van der Waals surface area contributed by atoms with Crippen LogP contribution in [-0.2, 0) is 13.6 Å². The van der Waals surface area contributed by atoms with Gasteiger partial charge in [-0.3, -0.25) is 9.58 Å². The van der Waals surface area contributed by atoms with Crippen molar-refractivity contribution in [2.45, 2.75) is 20.4 Å². The van der Waals surface area contributed by atoms with Crippen molar-refractivity contribution in [1.29, 1.82) is 0 Å². The predicted octanol–water partition coefficient (Wildman–Crippen LogP) is 4.87. The fourth-order valence-electron chi connectivity index (χ4n) is 4.42. The Hall–Kier alpha value is -4.60. The molecule has 5 rings (SSSR count). The van der Waals surface area contributed by atoms with E-state index in [-0.39, 0.29) is 6.03 Å². The number of aryl methyl sites for hydroxylation is 3. The number of carbonyl (C=O) groups excluding carboxylic acids is 1. The van der Waals surface area contributed by atoms with Crippen LogP contribution in [0.3, 0.4) is 0 Å². The largest absolute Gasteiger partial charge is 0.497 e. The van der Waals surface area contributed by atoms with E-state index in [1.165, 1.54) is 0 Å². The number of anilines is 5. The number of nitrogens with one attached hydrogen (secondary N) is 1. The first-order chi connectivity index (χ1) is 17.4. The van der Waals surface area contributed by atoms with Crippen LogP contribution in [0.15, 0.2) is 55.0 Å². The molecule has 1 N–H and O–H groups in total. The van der Waals surface area contributed by atoms with Gasteiger partial charge in [0.25, 0.3) is 0 Å². The molecule has 0 saturated carbocycles. The maximum atomic E-state index is 14.2. The predicted molar refractivity (Wildman–Crippen MR) is 138 cm³/mol. The van der Waals surface area contributed by atoms with E-state index >= 15 is 0 Å². The van der Waals surface area contributed by atoms with E-state index in [1.807, 2.05) is 45.3 Å². The van der Waals surface area contributed by atoms with Gasteiger partial charge in [-0.1, -0.05) is 18.2 Å². The second kappa shape index (κ2) is 9.21. The lowest BCUT2D eigenvalue weighted by Gasteiger charge is -2.37. The lowest BCUT2D eigenvalue weighted by molar-refractivity contribution is 0.252. The minimum Gasteiger partial charge on any atom is -0.497 e. The van der Waals surface area contributed by atoms with Gasteiger partial charge in [0, 0.05) is 31.1 Å². The van der Waals surface area contributed by atoms with Crippen LogP contribution >= 0.6 is 0 Å². The molecule has 2 aromatic heterocycles. The number of carbonyl (C=O) groups is 1. The number of fused-ring (bicyclic) bond motifs is 1. The Labute approximate surface area is 209 Å². The SMILES string of the molecule is COc1ccc(N2C(=O)N(c3c(C)cccc3C)Cc3cnc(Nc4cnn(C)c4)nc32)c(OC)c1. The molecule has 10 nitrogen and oxygen atoms in total.